The molecule has 0 bridgehead atoms. The first-order chi connectivity index (χ1) is 15.1. The number of ether oxygens (including phenoxy) is 4. The Kier molecular flexibility index (Phi) is 7.90. The second kappa shape index (κ2) is 10.6. The van der Waals surface area contributed by atoms with Crippen molar-refractivity contribution >= 4 is 22.8 Å². The number of aromatic nitrogens is 2. The van der Waals surface area contributed by atoms with Crippen molar-refractivity contribution in [2.24, 2.45) is 5.41 Å². The van der Waals surface area contributed by atoms with E-state index in [0.717, 1.165) is 36.8 Å². The van der Waals surface area contributed by atoms with Crippen LogP contribution in [0.25, 0.3) is 10.9 Å². The highest BCUT2D eigenvalue weighted by molar-refractivity contribution is 6.00. The molecule has 1 unspecified atom stereocenters. The zero-order chi connectivity index (χ0) is 22.3. The molecule has 0 radical (unpaired) electrons. The SMILES string of the molecule is CCOC(=O)C(CC)(CCOc1cccc2c1cnn2C1CCCCO1)C(=O)OCC. The lowest BCUT2D eigenvalue weighted by atomic mass is 9.82. The highest BCUT2D eigenvalue weighted by Crippen LogP contribution is 2.33. The summed E-state index contributed by atoms with van der Waals surface area (Å²) in [5.74, 6) is -0.489. The van der Waals surface area contributed by atoms with E-state index >= 15 is 0 Å². The zero-order valence-corrected chi connectivity index (χ0v) is 18.6. The quantitative estimate of drug-likeness (QED) is 0.414. The molecule has 0 aliphatic carbocycles. The third-order valence-corrected chi connectivity index (χ3v) is 5.75. The molecule has 1 saturated heterocycles. The van der Waals surface area contributed by atoms with E-state index in [0.29, 0.717) is 5.75 Å². The van der Waals surface area contributed by atoms with E-state index in [4.69, 9.17) is 18.9 Å². The van der Waals surface area contributed by atoms with Crippen LogP contribution in [0.15, 0.2) is 24.4 Å². The molecule has 2 aromatic rings. The molecule has 1 aromatic carbocycles. The Morgan fingerprint density at radius 1 is 1.16 bits per heavy atom. The Morgan fingerprint density at radius 3 is 2.52 bits per heavy atom. The second-order valence-electron chi connectivity index (χ2n) is 7.57. The first-order valence-corrected chi connectivity index (χ1v) is 11.1. The topological polar surface area (TPSA) is 88.9 Å². The van der Waals surface area contributed by atoms with E-state index in [1.54, 1.807) is 27.0 Å². The molecule has 0 saturated carbocycles. The van der Waals surface area contributed by atoms with Gasteiger partial charge in [0.25, 0.3) is 0 Å². The van der Waals surface area contributed by atoms with Gasteiger partial charge in [-0.1, -0.05) is 13.0 Å². The van der Waals surface area contributed by atoms with Crippen LogP contribution in [0.4, 0.5) is 0 Å². The Hall–Kier alpha value is -2.61. The van der Waals surface area contributed by atoms with Crippen LogP contribution >= 0.6 is 0 Å². The van der Waals surface area contributed by atoms with Crippen molar-refractivity contribution in [3.63, 3.8) is 0 Å². The van der Waals surface area contributed by atoms with E-state index in [9.17, 15) is 9.59 Å². The third-order valence-electron chi connectivity index (χ3n) is 5.75. The lowest BCUT2D eigenvalue weighted by Gasteiger charge is -2.27. The van der Waals surface area contributed by atoms with Gasteiger partial charge in [0, 0.05) is 13.0 Å². The average molecular weight is 433 g/mol. The molecule has 1 fully saturated rings. The van der Waals surface area contributed by atoms with Gasteiger partial charge < -0.3 is 18.9 Å². The summed E-state index contributed by atoms with van der Waals surface area (Å²) in [6.45, 7) is 6.51. The summed E-state index contributed by atoms with van der Waals surface area (Å²) in [5, 5.41) is 5.39. The molecule has 2 heterocycles. The standard InChI is InChI=1S/C23H32N2O6/c1-4-23(21(26)28-5-2,22(27)29-6-3)13-15-30-19-11-9-10-18-17(19)16-24-25(18)20-12-7-8-14-31-20/h9-11,16,20H,4-8,12-15H2,1-3H3. The lowest BCUT2D eigenvalue weighted by molar-refractivity contribution is -0.173. The fraction of sp³-hybridized carbons (Fsp3) is 0.609. The Bertz CT molecular complexity index is 869. The normalized spacial score (nSPS) is 16.8. The minimum atomic E-state index is -1.37. The molecular formula is C23H32N2O6. The van der Waals surface area contributed by atoms with Crippen LogP contribution in [0.5, 0.6) is 5.75 Å². The molecule has 3 rings (SSSR count). The molecule has 0 N–H and O–H groups in total. The van der Waals surface area contributed by atoms with Crippen LogP contribution in [0.2, 0.25) is 0 Å². The van der Waals surface area contributed by atoms with Gasteiger partial charge in [0.15, 0.2) is 11.6 Å². The first-order valence-electron chi connectivity index (χ1n) is 11.1. The van der Waals surface area contributed by atoms with Crippen LogP contribution < -0.4 is 4.74 Å². The van der Waals surface area contributed by atoms with Crippen molar-refractivity contribution in [1.82, 2.24) is 9.78 Å². The molecule has 0 spiro atoms. The zero-order valence-electron chi connectivity index (χ0n) is 18.6. The second-order valence-corrected chi connectivity index (χ2v) is 7.57. The molecular weight excluding hydrogens is 400 g/mol. The van der Waals surface area contributed by atoms with E-state index in [-0.39, 0.29) is 38.9 Å². The maximum atomic E-state index is 12.6. The van der Waals surface area contributed by atoms with Crippen LogP contribution in [-0.4, -0.2) is 48.1 Å². The van der Waals surface area contributed by atoms with Crippen molar-refractivity contribution in [3.8, 4) is 5.75 Å². The fourth-order valence-electron chi connectivity index (χ4n) is 3.94. The van der Waals surface area contributed by atoms with E-state index in [2.05, 4.69) is 5.10 Å². The molecule has 1 aliphatic heterocycles. The molecule has 8 heteroatoms. The highest BCUT2D eigenvalue weighted by Gasteiger charge is 2.47. The number of benzene rings is 1. The molecule has 1 aromatic heterocycles. The van der Waals surface area contributed by atoms with Gasteiger partial charge in [-0.05, 0) is 51.7 Å². The predicted octanol–water partition coefficient (Wildman–Crippen LogP) is 4.03. The van der Waals surface area contributed by atoms with Gasteiger partial charge in [-0.15, -0.1) is 0 Å². The van der Waals surface area contributed by atoms with Gasteiger partial charge in [-0.25, -0.2) is 4.68 Å². The molecule has 1 atom stereocenters. The number of carbonyl (C=O) groups is 2. The van der Waals surface area contributed by atoms with Crippen molar-refractivity contribution in [1.29, 1.82) is 0 Å². The highest BCUT2D eigenvalue weighted by atomic mass is 16.6. The van der Waals surface area contributed by atoms with Gasteiger partial charge in [0.2, 0.25) is 0 Å². The summed E-state index contributed by atoms with van der Waals surface area (Å²) in [6, 6.07) is 5.75. The number of nitrogens with zero attached hydrogens (tertiary/aromatic N) is 2. The molecule has 31 heavy (non-hydrogen) atoms. The Morgan fingerprint density at radius 2 is 1.90 bits per heavy atom. The number of hydrogen-bond acceptors (Lipinski definition) is 7. The van der Waals surface area contributed by atoms with Crippen molar-refractivity contribution < 1.29 is 28.5 Å². The van der Waals surface area contributed by atoms with Crippen LogP contribution in [0, 0.1) is 5.41 Å². The first kappa shape index (κ1) is 23.1. The molecule has 8 nitrogen and oxygen atoms in total. The van der Waals surface area contributed by atoms with Crippen LogP contribution in [-0.2, 0) is 23.8 Å². The van der Waals surface area contributed by atoms with Gasteiger partial charge in [-0.3, -0.25) is 9.59 Å². The number of rotatable bonds is 10. The Labute approximate surface area is 182 Å². The lowest BCUT2D eigenvalue weighted by Crippen LogP contribution is -2.42. The van der Waals surface area contributed by atoms with Gasteiger partial charge in [0.1, 0.15) is 5.75 Å². The number of fused-ring (bicyclic) bond motifs is 1. The maximum Gasteiger partial charge on any atom is 0.323 e. The third kappa shape index (κ3) is 4.84. The summed E-state index contributed by atoms with van der Waals surface area (Å²) in [7, 11) is 0. The predicted molar refractivity (Wildman–Crippen MR) is 115 cm³/mol. The molecule has 170 valence electrons. The summed E-state index contributed by atoms with van der Waals surface area (Å²) < 4.78 is 24.2. The summed E-state index contributed by atoms with van der Waals surface area (Å²) in [4.78, 5) is 25.3. The van der Waals surface area contributed by atoms with Crippen LogP contribution in [0.1, 0.15) is 59.1 Å². The van der Waals surface area contributed by atoms with Crippen molar-refractivity contribution in [2.75, 3.05) is 26.4 Å². The minimum Gasteiger partial charge on any atom is -0.493 e. The van der Waals surface area contributed by atoms with Gasteiger partial charge in [-0.2, -0.15) is 5.10 Å². The average Bonchev–Trinajstić information content (AvgIpc) is 3.23. The maximum absolute atomic E-state index is 12.6. The number of carbonyl (C=O) groups excluding carboxylic acids is 2. The Balaban J connectivity index is 1.76. The van der Waals surface area contributed by atoms with E-state index in [1.165, 1.54) is 0 Å². The van der Waals surface area contributed by atoms with Crippen molar-refractivity contribution in [2.45, 2.75) is 59.1 Å². The smallest absolute Gasteiger partial charge is 0.323 e. The molecule has 0 amide bonds. The van der Waals surface area contributed by atoms with E-state index < -0.39 is 17.4 Å². The van der Waals surface area contributed by atoms with Gasteiger partial charge >= 0.3 is 11.9 Å². The number of hydrogen-bond donors (Lipinski definition) is 0. The summed E-state index contributed by atoms with van der Waals surface area (Å²) >= 11 is 0. The van der Waals surface area contributed by atoms with Gasteiger partial charge in [0.05, 0.1) is 36.9 Å². The van der Waals surface area contributed by atoms with Crippen LogP contribution in [0.3, 0.4) is 0 Å². The van der Waals surface area contributed by atoms with Crippen molar-refractivity contribution in [3.05, 3.63) is 24.4 Å². The minimum absolute atomic E-state index is 0.0677. The fourth-order valence-corrected chi connectivity index (χ4v) is 3.94. The number of esters is 2. The van der Waals surface area contributed by atoms with E-state index in [1.807, 2.05) is 22.9 Å². The monoisotopic (exact) mass is 432 g/mol. The largest absolute Gasteiger partial charge is 0.493 e. The summed E-state index contributed by atoms with van der Waals surface area (Å²) in [5.41, 5.74) is -0.443. The molecule has 1 aliphatic rings. The summed E-state index contributed by atoms with van der Waals surface area (Å²) in [6.07, 6.45) is 5.26.